The molecule has 0 aromatic heterocycles. The number of amides is 2. The van der Waals surface area contributed by atoms with E-state index in [-0.39, 0.29) is 11.8 Å². The van der Waals surface area contributed by atoms with Crippen LogP contribution in [0.4, 0.5) is 5.69 Å². The molecule has 0 bridgehead atoms. The second-order valence-electron chi connectivity index (χ2n) is 9.55. The highest BCUT2D eigenvalue weighted by molar-refractivity contribution is 7.98. The van der Waals surface area contributed by atoms with Gasteiger partial charge in [0.1, 0.15) is 0 Å². The van der Waals surface area contributed by atoms with Gasteiger partial charge in [0, 0.05) is 49.4 Å². The molecular weight excluding hydrogens is 498 g/mol. The van der Waals surface area contributed by atoms with Gasteiger partial charge in [0.25, 0.3) is 5.91 Å². The number of hydrogen-bond donors (Lipinski definition) is 0. The fraction of sp³-hybridized carbons (Fsp3) is 0.333. The summed E-state index contributed by atoms with van der Waals surface area (Å²) in [6.45, 7) is 2.73. The Kier molecular flexibility index (Phi) is 7.51. The minimum atomic E-state index is -0.573. The van der Waals surface area contributed by atoms with Crippen LogP contribution < -0.4 is 14.4 Å². The summed E-state index contributed by atoms with van der Waals surface area (Å²) in [6, 6.07) is 21.5. The number of likely N-dealkylation sites (N-methyl/N-ethyl adjacent to an activating group) is 1. The van der Waals surface area contributed by atoms with Crippen molar-refractivity contribution in [3.8, 4) is 11.5 Å². The molecule has 2 heterocycles. The Labute approximate surface area is 228 Å². The van der Waals surface area contributed by atoms with Gasteiger partial charge < -0.3 is 24.2 Å². The van der Waals surface area contributed by atoms with Crippen molar-refractivity contribution in [1.82, 2.24) is 9.80 Å². The zero-order chi connectivity index (χ0) is 26.8. The van der Waals surface area contributed by atoms with Crippen molar-refractivity contribution >= 4 is 29.3 Å². The summed E-state index contributed by atoms with van der Waals surface area (Å²) in [4.78, 5) is 35.1. The molecule has 2 atom stereocenters. The maximum Gasteiger partial charge on any atom is 0.254 e. The quantitative estimate of drug-likeness (QED) is 0.431. The Hall–Kier alpha value is -3.65. The fourth-order valence-electron chi connectivity index (χ4n) is 5.55. The van der Waals surface area contributed by atoms with Gasteiger partial charge in [-0.1, -0.05) is 30.3 Å². The maximum absolute atomic E-state index is 14.4. The highest BCUT2D eigenvalue weighted by atomic mass is 32.2. The Bertz CT molecular complexity index is 1310. The molecule has 7 nitrogen and oxygen atoms in total. The molecule has 38 heavy (non-hydrogen) atoms. The van der Waals surface area contributed by atoms with Crippen LogP contribution in [0, 0.1) is 0 Å². The van der Waals surface area contributed by atoms with Crippen LogP contribution in [-0.2, 0) is 4.79 Å². The first-order chi connectivity index (χ1) is 18.5. The van der Waals surface area contributed by atoms with E-state index in [1.54, 1.807) is 44.0 Å². The molecule has 2 aliphatic rings. The van der Waals surface area contributed by atoms with Gasteiger partial charge in [-0.2, -0.15) is 0 Å². The van der Waals surface area contributed by atoms with Crippen LogP contribution in [0.15, 0.2) is 71.6 Å². The zero-order valence-electron chi connectivity index (χ0n) is 22.2. The molecule has 5 rings (SSSR count). The Morgan fingerprint density at radius 1 is 0.895 bits per heavy atom. The van der Waals surface area contributed by atoms with Crippen LogP contribution in [0.3, 0.4) is 0 Å². The van der Waals surface area contributed by atoms with Crippen molar-refractivity contribution in [2.75, 3.05) is 58.6 Å². The number of thioether (sulfide) groups is 1. The number of anilines is 1. The van der Waals surface area contributed by atoms with E-state index in [1.165, 1.54) is 0 Å². The van der Waals surface area contributed by atoms with Crippen molar-refractivity contribution in [3.63, 3.8) is 0 Å². The summed E-state index contributed by atoms with van der Waals surface area (Å²) in [5, 5.41) is 0. The van der Waals surface area contributed by atoms with E-state index < -0.39 is 12.0 Å². The number of nitrogens with zero attached hydrogens (tertiary/aromatic N) is 3. The van der Waals surface area contributed by atoms with Gasteiger partial charge in [-0.25, -0.2) is 0 Å². The summed E-state index contributed by atoms with van der Waals surface area (Å²) in [5.41, 5.74) is 3.25. The number of fused-ring (bicyclic) bond motifs is 1. The molecule has 2 aliphatic heterocycles. The standard InChI is InChI=1S/C30H33N3O4S/c1-31-28(20-10-12-22(38-4)13-11-20)27(23-18-25(36-2)26(37-3)19-24(23)29(31)34)30(35)33-16-14-32(15-17-33)21-8-6-5-7-9-21/h5-13,18-19,27-28H,14-17H2,1-4H3/t27-,28-/m1/s1. The van der Waals surface area contributed by atoms with E-state index in [0.717, 1.165) is 29.2 Å². The minimum Gasteiger partial charge on any atom is -0.493 e. The summed E-state index contributed by atoms with van der Waals surface area (Å²) in [7, 11) is 4.90. The smallest absolute Gasteiger partial charge is 0.254 e. The third-order valence-electron chi connectivity index (χ3n) is 7.61. The first-order valence-electron chi connectivity index (χ1n) is 12.7. The zero-order valence-corrected chi connectivity index (χ0v) is 23.0. The predicted molar refractivity (Wildman–Crippen MR) is 151 cm³/mol. The molecule has 198 valence electrons. The van der Waals surface area contributed by atoms with E-state index in [9.17, 15) is 9.59 Å². The van der Waals surface area contributed by atoms with Crippen LogP contribution >= 0.6 is 11.8 Å². The average Bonchev–Trinajstić information content (AvgIpc) is 2.98. The van der Waals surface area contributed by atoms with Gasteiger partial charge in [0.05, 0.1) is 26.2 Å². The molecule has 1 fully saturated rings. The van der Waals surface area contributed by atoms with E-state index in [4.69, 9.17) is 9.47 Å². The largest absolute Gasteiger partial charge is 0.493 e. The number of carbonyl (C=O) groups is 2. The lowest BCUT2D eigenvalue weighted by Gasteiger charge is -2.43. The molecule has 8 heteroatoms. The van der Waals surface area contributed by atoms with E-state index in [0.29, 0.717) is 35.7 Å². The number of benzene rings is 3. The number of ether oxygens (including phenoxy) is 2. The molecule has 0 radical (unpaired) electrons. The fourth-order valence-corrected chi connectivity index (χ4v) is 5.96. The average molecular weight is 532 g/mol. The molecule has 3 aromatic carbocycles. The minimum absolute atomic E-state index is 0.0180. The van der Waals surface area contributed by atoms with Gasteiger partial charge in [0.15, 0.2) is 11.5 Å². The summed E-state index contributed by atoms with van der Waals surface area (Å²) in [5.74, 6) is 0.281. The molecule has 0 spiro atoms. The number of piperazine rings is 1. The van der Waals surface area contributed by atoms with Crippen LogP contribution in [0.25, 0.3) is 0 Å². The van der Waals surface area contributed by atoms with Gasteiger partial charge in [-0.3, -0.25) is 9.59 Å². The van der Waals surface area contributed by atoms with Gasteiger partial charge in [-0.15, -0.1) is 11.8 Å². The van der Waals surface area contributed by atoms with Crippen molar-refractivity contribution in [1.29, 1.82) is 0 Å². The van der Waals surface area contributed by atoms with Crippen molar-refractivity contribution in [3.05, 3.63) is 83.4 Å². The van der Waals surface area contributed by atoms with Crippen LogP contribution in [0.1, 0.15) is 33.4 Å². The summed E-state index contributed by atoms with van der Waals surface area (Å²) >= 11 is 1.66. The maximum atomic E-state index is 14.4. The first-order valence-corrected chi connectivity index (χ1v) is 13.9. The predicted octanol–water partition coefficient (Wildman–Crippen LogP) is 4.69. The molecule has 0 N–H and O–H groups in total. The summed E-state index contributed by atoms with van der Waals surface area (Å²) < 4.78 is 11.1. The normalized spacial score (nSPS) is 19.3. The monoisotopic (exact) mass is 531 g/mol. The summed E-state index contributed by atoms with van der Waals surface area (Å²) in [6.07, 6.45) is 2.03. The van der Waals surface area contributed by atoms with Gasteiger partial charge in [-0.05, 0) is 53.8 Å². The lowest BCUT2D eigenvalue weighted by molar-refractivity contribution is -0.134. The van der Waals surface area contributed by atoms with E-state index >= 15 is 0 Å². The second-order valence-corrected chi connectivity index (χ2v) is 10.4. The van der Waals surface area contributed by atoms with Crippen molar-refractivity contribution in [2.24, 2.45) is 0 Å². The lowest BCUT2D eigenvalue weighted by Crippen LogP contribution is -2.53. The SMILES string of the molecule is COc1cc2c(cc1OC)[C@@H](C(=O)N1CCN(c3ccccc3)CC1)[C@@H](c1ccc(SC)cc1)N(C)C2=O. The number of para-hydroxylation sites is 1. The third kappa shape index (κ3) is 4.69. The van der Waals surface area contributed by atoms with Crippen LogP contribution in [-0.4, -0.2) is 75.3 Å². The van der Waals surface area contributed by atoms with Crippen molar-refractivity contribution in [2.45, 2.75) is 16.9 Å². The molecule has 0 unspecified atom stereocenters. The molecule has 0 aliphatic carbocycles. The Morgan fingerprint density at radius 3 is 2.13 bits per heavy atom. The Morgan fingerprint density at radius 2 is 1.53 bits per heavy atom. The third-order valence-corrected chi connectivity index (χ3v) is 8.35. The molecule has 3 aromatic rings. The molecule has 0 saturated carbocycles. The highest BCUT2D eigenvalue weighted by Crippen LogP contribution is 2.46. The molecule has 1 saturated heterocycles. The first kappa shape index (κ1) is 26.0. The number of hydrogen-bond acceptors (Lipinski definition) is 6. The lowest BCUT2D eigenvalue weighted by atomic mass is 9.78. The van der Waals surface area contributed by atoms with Gasteiger partial charge in [0.2, 0.25) is 5.91 Å². The second kappa shape index (κ2) is 11.0. The number of rotatable bonds is 6. The molecule has 2 amide bonds. The van der Waals surface area contributed by atoms with Gasteiger partial charge >= 0.3 is 0 Å². The van der Waals surface area contributed by atoms with Crippen LogP contribution in [0.5, 0.6) is 11.5 Å². The number of carbonyl (C=O) groups excluding carboxylic acids is 2. The topological polar surface area (TPSA) is 62.3 Å². The highest BCUT2D eigenvalue weighted by Gasteiger charge is 2.45. The van der Waals surface area contributed by atoms with Crippen LogP contribution in [0.2, 0.25) is 0 Å². The van der Waals surface area contributed by atoms with E-state index in [2.05, 4.69) is 17.0 Å². The molecular formula is C30H33N3O4S. The number of methoxy groups -OCH3 is 2. The Balaban J connectivity index is 1.54. The van der Waals surface area contributed by atoms with Crippen molar-refractivity contribution < 1.29 is 19.1 Å². The van der Waals surface area contributed by atoms with E-state index in [1.807, 2.05) is 59.7 Å².